The van der Waals surface area contributed by atoms with Crippen molar-refractivity contribution in [2.75, 3.05) is 14.2 Å². The monoisotopic (exact) mass is 392 g/mol. The summed E-state index contributed by atoms with van der Waals surface area (Å²) in [6.07, 6.45) is 4.28. The fourth-order valence-electron chi connectivity index (χ4n) is 3.33. The van der Waals surface area contributed by atoms with Crippen LogP contribution in [0.5, 0.6) is 11.5 Å². The SMILES string of the molecule is COc1ccc(-c2ccc(C=Cc3ccc(-c4ccc(OC)cc4)cc3)cc2)cc1. The molecule has 4 rings (SSSR count). The quantitative estimate of drug-likeness (QED) is 0.323. The van der Waals surface area contributed by atoms with Gasteiger partial charge in [-0.2, -0.15) is 0 Å². The van der Waals surface area contributed by atoms with Gasteiger partial charge < -0.3 is 9.47 Å². The Morgan fingerprint density at radius 2 is 0.667 bits per heavy atom. The molecule has 0 unspecified atom stereocenters. The first-order chi connectivity index (χ1) is 14.7. The van der Waals surface area contributed by atoms with Gasteiger partial charge in [0.15, 0.2) is 0 Å². The zero-order valence-corrected chi connectivity index (χ0v) is 17.2. The molecular formula is C28H24O2. The lowest BCUT2D eigenvalue weighted by Gasteiger charge is -2.05. The van der Waals surface area contributed by atoms with Crippen LogP contribution in [0.3, 0.4) is 0 Å². The molecule has 0 saturated heterocycles. The molecule has 0 aromatic heterocycles. The van der Waals surface area contributed by atoms with Crippen molar-refractivity contribution < 1.29 is 9.47 Å². The smallest absolute Gasteiger partial charge is 0.118 e. The normalized spacial score (nSPS) is 10.9. The highest BCUT2D eigenvalue weighted by atomic mass is 16.5. The maximum absolute atomic E-state index is 5.23. The molecule has 0 spiro atoms. The van der Waals surface area contributed by atoms with Crippen LogP contribution in [0.4, 0.5) is 0 Å². The lowest BCUT2D eigenvalue weighted by atomic mass is 10.0. The minimum atomic E-state index is 0.872. The molecular weight excluding hydrogens is 368 g/mol. The second-order valence-corrected chi connectivity index (χ2v) is 7.03. The number of hydrogen-bond donors (Lipinski definition) is 0. The van der Waals surface area contributed by atoms with Crippen LogP contribution < -0.4 is 9.47 Å². The third-order valence-corrected chi connectivity index (χ3v) is 5.14. The molecule has 0 heterocycles. The topological polar surface area (TPSA) is 18.5 Å². The summed E-state index contributed by atoms with van der Waals surface area (Å²) in [7, 11) is 3.37. The van der Waals surface area contributed by atoms with Crippen LogP contribution in [-0.4, -0.2) is 14.2 Å². The maximum atomic E-state index is 5.23. The second kappa shape index (κ2) is 9.15. The summed E-state index contributed by atoms with van der Waals surface area (Å²) in [6.45, 7) is 0. The number of hydrogen-bond acceptors (Lipinski definition) is 2. The summed E-state index contributed by atoms with van der Waals surface area (Å²) < 4.78 is 10.5. The summed E-state index contributed by atoms with van der Waals surface area (Å²) in [4.78, 5) is 0. The summed E-state index contributed by atoms with van der Waals surface area (Å²) in [5.41, 5.74) is 7.09. The van der Waals surface area contributed by atoms with E-state index in [1.807, 2.05) is 24.3 Å². The van der Waals surface area contributed by atoms with Gasteiger partial charge >= 0.3 is 0 Å². The highest BCUT2D eigenvalue weighted by molar-refractivity contribution is 5.74. The van der Waals surface area contributed by atoms with Crippen molar-refractivity contribution in [3.05, 3.63) is 108 Å². The van der Waals surface area contributed by atoms with E-state index in [4.69, 9.17) is 9.47 Å². The number of ether oxygens (including phenoxy) is 2. The van der Waals surface area contributed by atoms with Crippen LogP contribution in [0, 0.1) is 0 Å². The number of methoxy groups -OCH3 is 2. The molecule has 0 fully saturated rings. The van der Waals surface area contributed by atoms with E-state index in [0.29, 0.717) is 0 Å². The van der Waals surface area contributed by atoms with Crippen LogP contribution >= 0.6 is 0 Å². The van der Waals surface area contributed by atoms with Crippen LogP contribution in [0.2, 0.25) is 0 Å². The van der Waals surface area contributed by atoms with Crippen LogP contribution in [0.15, 0.2) is 97.1 Å². The van der Waals surface area contributed by atoms with Gasteiger partial charge in [0.2, 0.25) is 0 Å². The molecule has 0 aliphatic rings. The van der Waals surface area contributed by atoms with E-state index >= 15 is 0 Å². The van der Waals surface area contributed by atoms with Crippen LogP contribution in [0.25, 0.3) is 34.4 Å². The third-order valence-electron chi connectivity index (χ3n) is 5.14. The van der Waals surface area contributed by atoms with Crippen molar-refractivity contribution >= 4 is 12.2 Å². The van der Waals surface area contributed by atoms with E-state index in [2.05, 4.69) is 84.9 Å². The van der Waals surface area contributed by atoms with Crippen molar-refractivity contribution in [1.82, 2.24) is 0 Å². The van der Waals surface area contributed by atoms with Gasteiger partial charge in [-0.1, -0.05) is 84.9 Å². The highest BCUT2D eigenvalue weighted by Crippen LogP contribution is 2.25. The Balaban J connectivity index is 1.43. The molecule has 0 radical (unpaired) electrons. The van der Waals surface area contributed by atoms with Gasteiger partial charge in [-0.05, 0) is 57.6 Å². The average molecular weight is 392 g/mol. The summed E-state index contributed by atoms with van der Waals surface area (Å²) >= 11 is 0. The Bertz CT molecular complexity index is 1010. The fraction of sp³-hybridized carbons (Fsp3) is 0.0714. The lowest BCUT2D eigenvalue weighted by Crippen LogP contribution is -1.83. The first-order valence-corrected chi connectivity index (χ1v) is 9.92. The molecule has 4 aromatic carbocycles. The molecule has 0 amide bonds. The molecule has 0 bridgehead atoms. The lowest BCUT2D eigenvalue weighted by molar-refractivity contribution is 0.415. The Labute approximate surface area is 178 Å². The zero-order chi connectivity index (χ0) is 20.8. The first kappa shape index (κ1) is 19.5. The highest BCUT2D eigenvalue weighted by Gasteiger charge is 2.00. The third kappa shape index (κ3) is 4.61. The van der Waals surface area contributed by atoms with Crippen molar-refractivity contribution in [2.45, 2.75) is 0 Å². The Kier molecular flexibility index (Phi) is 5.95. The molecule has 0 N–H and O–H groups in total. The van der Waals surface area contributed by atoms with E-state index in [1.54, 1.807) is 14.2 Å². The molecule has 0 aliphatic carbocycles. The summed E-state index contributed by atoms with van der Waals surface area (Å²) in [5.74, 6) is 1.74. The molecule has 148 valence electrons. The van der Waals surface area contributed by atoms with Crippen molar-refractivity contribution in [1.29, 1.82) is 0 Å². The molecule has 0 saturated carbocycles. The zero-order valence-electron chi connectivity index (χ0n) is 17.2. The molecule has 2 heteroatoms. The maximum Gasteiger partial charge on any atom is 0.118 e. The van der Waals surface area contributed by atoms with Gasteiger partial charge in [0.25, 0.3) is 0 Å². The largest absolute Gasteiger partial charge is 0.497 e. The van der Waals surface area contributed by atoms with E-state index in [9.17, 15) is 0 Å². The van der Waals surface area contributed by atoms with Gasteiger partial charge in [0.1, 0.15) is 11.5 Å². The second-order valence-electron chi connectivity index (χ2n) is 7.03. The molecule has 4 aromatic rings. The van der Waals surface area contributed by atoms with E-state index in [-0.39, 0.29) is 0 Å². The van der Waals surface area contributed by atoms with E-state index in [1.165, 1.54) is 33.4 Å². The molecule has 0 atom stereocenters. The number of benzene rings is 4. The summed E-state index contributed by atoms with van der Waals surface area (Å²) in [5, 5.41) is 0. The van der Waals surface area contributed by atoms with Gasteiger partial charge in [-0.25, -0.2) is 0 Å². The minimum absolute atomic E-state index is 0.872. The standard InChI is InChI=1S/C28H24O2/c1-29-27-17-13-25(14-18-27)23-9-5-21(6-10-23)3-4-22-7-11-24(12-8-22)26-15-19-28(30-2)20-16-26/h3-20H,1-2H3. The van der Waals surface area contributed by atoms with Gasteiger partial charge in [-0.15, -0.1) is 0 Å². The van der Waals surface area contributed by atoms with Crippen molar-refractivity contribution in [3.8, 4) is 33.8 Å². The molecule has 30 heavy (non-hydrogen) atoms. The van der Waals surface area contributed by atoms with Crippen LogP contribution in [0.1, 0.15) is 11.1 Å². The Morgan fingerprint density at radius 1 is 0.400 bits per heavy atom. The Hall–Kier alpha value is -3.78. The van der Waals surface area contributed by atoms with Crippen molar-refractivity contribution in [3.63, 3.8) is 0 Å². The van der Waals surface area contributed by atoms with Gasteiger partial charge in [0, 0.05) is 0 Å². The molecule has 0 aliphatic heterocycles. The first-order valence-electron chi connectivity index (χ1n) is 9.92. The predicted octanol–water partition coefficient (Wildman–Crippen LogP) is 7.21. The van der Waals surface area contributed by atoms with E-state index in [0.717, 1.165) is 11.5 Å². The fourth-order valence-corrected chi connectivity index (χ4v) is 3.33. The van der Waals surface area contributed by atoms with Gasteiger partial charge in [-0.3, -0.25) is 0 Å². The number of rotatable bonds is 6. The predicted molar refractivity (Wildman–Crippen MR) is 126 cm³/mol. The van der Waals surface area contributed by atoms with Crippen LogP contribution in [-0.2, 0) is 0 Å². The average Bonchev–Trinajstić information content (AvgIpc) is 2.83. The molecule has 2 nitrogen and oxygen atoms in total. The van der Waals surface area contributed by atoms with E-state index < -0.39 is 0 Å². The minimum Gasteiger partial charge on any atom is -0.497 e. The van der Waals surface area contributed by atoms with Crippen molar-refractivity contribution in [2.24, 2.45) is 0 Å². The van der Waals surface area contributed by atoms with Gasteiger partial charge in [0.05, 0.1) is 14.2 Å². The summed E-state index contributed by atoms with van der Waals surface area (Å²) in [6, 6.07) is 33.4. The Morgan fingerprint density at radius 3 is 0.933 bits per heavy atom.